The van der Waals surface area contributed by atoms with Crippen molar-refractivity contribution < 1.29 is 27.5 Å². The number of nitrogens with one attached hydrogen (secondary N) is 2. The molecule has 10 nitrogen and oxygen atoms in total. The average Bonchev–Trinajstić information content (AvgIpc) is 2.80. The molecule has 2 amide bonds. The lowest BCUT2D eigenvalue weighted by molar-refractivity contribution is -0.120. The Morgan fingerprint density at radius 2 is 1.10 bits per heavy atom. The molecule has 0 saturated carbocycles. The SMILES string of the molecule is COc1ccc(C(NC(=O)CN)S(=O)(=O)C(NC(=O)CN)c2ccc(OC)cc2)cc1. The minimum absolute atomic E-state index is 0.267. The van der Waals surface area contributed by atoms with Crippen LogP contribution < -0.4 is 31.6 Å². The number of ether oxygens (including phenoxy) is 2. The van der Waals surface area contributed by atoms with Gasteiger partial charge in [0.25, 0.3) is 0 Å². The summed E-state index contributed by atoms with van der Waals surface area (Å²) in [5, 5.41) is 1.88. The second kappa shape index (κ2) is 10.8. The van der Waals surface area contributed by atoms with Crippen LogP contribution in [0.5, 0.6) is 11.5 Å². The zero-order valence-electron chi connectivity index (χ0n) is 17.2. The van der Waals surface area contributed by atoms with Crippen LogP contribution in [0.3, 0.4) is 0 Å². The third kappa shape index (κ3) is 5.94. The zero-order valence-corrected chi connectivity index (χ0v) is 18.0. The van der Waals surface area contributed by atoms with E-state index in [-0.39, 0.29) is 11.1 Å². The summed E-state index contributed by atoms with van der Waals surface area (Å²) >= 11 is 0. The second-order valence-electron chi connectivity index (χ2n) is 6.44. The quantitative estimate of drug-likeness (QED) is 0.392. The predicted molar refractivity (Wildman–Crippen MR) is 115 cm³/mol. The van der Waals surface area contributed by atoms with Crippen molar-refractivity contribution in [1.82, 2.24) is 10.6 Å². The molecule has 11 heteroatoms. The van der Waals surface area contributed by atoms with Crippen LogP contribution in [0, 0.1) is 0 Å². The summed E-state index contributed by atoms with van der Waals surface area (Å²) in [5.74, 6) is -0.340. The lowest BCUT2D eigenvalue weighted by Crippen LogP contribution is -2.44. The minimum Gasteiger partial charge on any atom is -0.497 e. The lowest BCUT2D eigenvalue weighted by Gasteiger charge is -2.26. The standard InChI is InChI=1S/C20H26N4O6S/c1-29-15-7-3-13(4-8-15)19(23-17(25)11-21)31(27,28)20(24-18(26)12-22)14-5-9-16(30-2)10-6-14/h3-10,19-20H,11-12,21-22H2,1-2H3,(H,23,25)(H,24,26). The Morgan fingerprint density at radius 3 is 1.35 bits per heavy atom. The van der Waals surface area contributed by atoms with Crippen LogP contribution >= 0.6 is 0 Å². The van der Waals surface area contributed by atoms with Crippen LogP contribution in [0.1, 0.15) is 21.9 Å². The van der Waals surface area contributed by atoms with Gasteiger partial charge in [0.05, 0.1) is 27.3 Å². The Labute approximate surface area is 180 Å². The highest BCUT2D eigenvalue weighted by Gasteiger charge is 2.38. The molecule has 2 aromatic rings. The molecule has 2 atom stereocenters. The van der Waals surface area contributed by atoms with Gasteiger partial charge in [-0.1, -0.05) is 24.3 Å². The summed E-state index contributed by atoms with van der Waals surface area (Å²) in [7, 11) is -1.33. The maximum atomic E-state index is 13.7. The summed E-state index contributed by atoms with van der Waals surface area (Å²) in [6.45, 7) is -0.824. The van der Waals surface area contributed by atoms with Crippen molar-refractivity contribution >= 4 is 21.7 Å². The monoisotopic (exact) mass is 450 g/mol. The lowest BCUT2D eigenvalue weighted by atomic mass is 10.2. The van der Waals surface area contributed by atoms with Crippen molar-refractivity contribution in [1.29, 1.82) is 0 Å². The molecule has 0 aliphatic heterocycles. The van der Waals surface area contributed by atoms with Gasteiger partial charge < -0.3 is 31.6 Å². The Bertz CT molecular complexity index is 918. The Hall–Kier alpha value is -3.15. The zero-order chi connectivity index (χ0) is 23.0. The molecule has 2 aromatic carbocycles. The van der Waals surface area contributed by atoms with Gasteiger partial charge in [0.1, 0.15) is 11.5 Å². The van der Waals surface area contributed by atoms with Crippen LogP contribution in [-0.4, -0.2) is 47.5 Å². The van der Waals surface area contributed by atoms with Crippen molar-refractivity contribution in [2.75, 3.05) is 27.3 Å². The summed E-state index contributed by atoms with van der Waals surface area (Å²) in [4.78, 5) is 24.1. The fraction of sp³-hybridized carbons (Fsp3) is 0.300. The van der Waals surface area contributed by atoms with Gasteiger partial charge >= 0.3 is 0 Å². The number of rotatable bonds is 10. The Morgan fingerprint density at radius 1 is 0.774 bits per heavy atom. The van der Waals surface area contributed by atoms with E-state index in [0.29, 0.717) is 11.5 Å². The number of amides is 2. The molecule has 2 unspecified atom stereocenters. The first kappa shape index (κ1) is 24.1. The number of nitrogens with two attached hydrogens (primary N) is 2. The Kier molecular flexibility index (Phi) is 8.37. The van der Waals surface area contributed by atoms with Crippen molar-refractivity contribution in [3.8, 4) is 11.5 Å². The van der Waals surface area contributed by atoms with E-state index in [0.717, 1.165) is 0 Å². The summed E-state index contributed by atoms with van der Waals surface area (Å²) in [6.07, 6.45) is 0. The molecule has 0 fully saturated rings. The molecule has 0 bridgehead atoms. The fourth-order valence-corrected chi connectivity index (χ4v) is 4.75. The van der Waals surface area contributed by atoms with E-state index in [1.165, 1.54) is 38.5 Å². The molecular formula is C20H26N4O6S. The normalized spacial score (nSPS) is 13.0. The van der Waals surface area contributed by atoms with E-state index in [2.05, 4.69) is 10.6 Å². The minimum atomic E-state index is -4.28. The molecule has 2 rings (SSSR count). The highest BCUT2D eigenvalue weighted by atomic mass is 32.2. The third-order valence-electron chi connectivity index (χ3n) is 4.45. The van der Waals surface area contributed by atoms with Crippen molar-refractivity contribution in [2.45, 2.75) is 10.7 Å². The first-order valence-corrected chi connectivity index (χ1v) is 10.9. The molecule has 6 N–H and O–H groups in total. The van der Waals surface area contributed by atoms with Gasteiger partial charge in [-0.2, -0.15) is 0 Å². The molecule has 0 saturated heterocycles. The van der Waals surface area contributed by atoms with E-state index >= 15 is 0 Å². The van der Waals surface area contributed by atoms with Crippen molar-refractivity contribution in [3.05, 3.63) is 59.7 Å². The van der Waals surface area contributed by atoms with E-state index < -0.39 is 45.5 Å². The van der Waals surface area contributed by atoms with Crippen LogP contribution in [-0.2, 0) is 19.4 Å². The number of hydrogen-bond donors (Lipinski definition) is 4. The molecule has 31 heavy (non-hydrogen) atoms. The van der Waals surface area contributed by atoms with Crippen LogP contribution in [0.15, 0.2) is 48.5 Å². The summed E-state index contributed by atoms with van der Waals surface area (Å²) in [6, 6.07) is 12.3. The van der Waals surface area contributed by atoms with Crippen molar-refractivity contribution in [2.24, 2.45) is 11.5 Å². The number of carbonyl (C=O) groups excluding carboxylic acids is 2. The van der Waals surface area contributed by atoms with Crippen LogP contribution in [0.2, 0.25) is 0 Å². The fourth-order valence-electron chi connectivity index (χ4n) is 2.81. The van der Waals surface area contributed by atoms with E-state index in [9.17, 15) is 18.0 Å². The molecule has 0 aliphatic rings. The van der Waals surface area contributed by atoms with Gasteiger partial charge in [0.2, 0.25) is 21.7 Å². The second-order valence-corrected chi connectivity index (χ2v) is 8.56. The Balaban J connectivity index is 2.57. The third-order valence-corrected chi connectivity index (χ3v) is 6.54. The summed E-state index contributed by atoms with van der Waals surface area (Å²) < 4.78 is 37.5. The van der Waals surface area contributed by atoms with Crippen LogP contribution in [0.4, 0.5) is 0 Å². The molecule has 0 aliphatic carbocycles. The average molecular weight is 451 g/mol. The smallest absolute Gasteiger partial charge is 0.235 e. The van der Waals surface area contributed by atoms with E-state index in [1.807, 2.05) is 0 Å². The van der Waals surface area contributed by atoms with Crippen LogP contribution in [0.25, 0.3) is 0 Å². The van der Waals surface area contributed by atoms with Gasteiger partial charge in [0.15, 0.2) is 10.7 Å². The first-order valence-electron chi connectivity index (χ1n) is 9.26. The highest BCUT2D eigenvalue weighted by Crippen LogP contribution is 2.32. The maximum Gasteiger partial charge on any atom is 0.235 e. The number of hydrogen-bond acceptors (Lipinski definition) is 8. The molecule has 168 valence electrons. The van der Waals surface area contributed by atoms with Gasteiger partial charge in [-0.15, -0.1) is 0 Å². The number of benzene rings is 2. The van der Waals surface area contributed by atoms with E-state index in [1.54, 1.807) is 24.3 Å². The molecular weight excluding hydrogens is 424 g/mol. The van der Waals surface area contributed by atoms with Gasteiger partial charge in [-0.3, -0.25) is 9.59 Å². The number of methoxy groups -OCH3 is 2. The number of carbonyl (C=O) groups is 2. The molecule has 0 spiro atoms. The van der Waals surface area contributed by atoms with Gasteiger partial charge in [-0.25, -0.2) is 8.42 Å². The largest absolute Gasteiger partial charge is 0.497 e. The summed E-state index contributed by atoms with van der Waals surface area (Å²) in [5.41, 5.74) is 11.3. The van der Waals surface area contributed by atoms with E-state index in [4.69, 9.17) is 20.9 Å². The van der Waals surface area contributed by atoms with Gasteiger partial charge in [-0.05, 0) is 35.4 Å². The maximum absolute atomic E-state index is 13.7. The van der Waals surface area contributed by atoms with Gasteiger partial charge in [0, 0.05) is 0 Å². The molecule has 0 aromatic heterocycles. The molecule has 0 heterocycles. The topological polar surface area (TPSA) is 163 Å². The van der Waals surface area contributed by atoms with Crippen molar-refractivity contribution in [3.63, 3.8) is 0 Å². The first-order chi connectivity index (χ1) is 14.8. The molecule has 0 radical (unpaired) electrons. The highest BCUT2D eigenvalue weighted by molar-refractivity contribution is 7.91. The number of sulfone groups is 1. The predicted octanol–water partition coefficient (Wildman–Crippen LogP) is -0.0342.